The van der Waals surface area contributed by atoms with Crippen molar-refractivity contribution in [1.29, 1.82) is 0 Å². The summed E-state index contributed by atoms with van der Waals surface area (Å²) >= 11 is 0. The van der Waals surface area contributed by atoms with E-state index in [9.17, 15) is 0 Å². The molecule has 2 aliphatic heterocycles. The van der Waals surface area contributed by atoms with Gasteiger partial charge in [-0.2, -0.15) is 0 Å². The number of piperazine rings is 1. The molecule has 0 aromatic heterocycles. The van der Waals surface area contributed by atoms with Gasteiger partial charge in [-0.25, -0.2) is 0 Å². The quantitative estimate of drug-likeness (QED) is 0.653. The molecule has 2 rings (SSSR count). The van der Waals surface area contributed by atoms with Crippen LogP contribution >= 0.6 is 0 Å². The lowest BCUT2D eigenvalue weighted by molar-refractivity contribution is 0.118. The minimum absolute atomic E-state index is 0.637. The Morgan fingerprint density at radius 1 is 1.43 bits per heavy atom. The fraction of sp³-hybridized carbons (Fsp3) is 0.900. The van der Waals surface area contributed by atoms with Crippen LogP contribution in [-0.2, 0) is 0 Å². The Balaban J connectivity index is 1.88. The summed E-state index contributed by atoms with van der Waals surface area (Å²) in [6.45, 7) is 5.52. The zero-order valence-corrected chi connectivity index (χ0v) is 9.16. The van der Waals surface area contributed by atoms with Crippen LogP contribution in [0.2, 0.25) is 0 Å². The van der Waals surface area contributed by atoms with Gasteiger partial charge in [0.25, 0.3) is 0 Å². The molecule has 0 spiro atoms. The van der Waals surface area contributed by atoms with Crippen LogP contribution in [0.4, 0.5) is 0 Å². The lowest BCUT2D eigenvalue weighted by Gasteiger charge is -2.37. The van der Waals surface area contributed by atoms with Crippen molar-refractivity contribution in [2.45, 2.75) is 12.5 Å². The first-order valence-electron chi connectivity index (χ1n) is 5.41. The maximum Gasteiger partial charge on any atom is 0.0980 e. The van der Waals surface area contributed by atoms with E-state index in [1.54, 1.807) is 0 Å². The molecule has 2 aliphatic rings. The Bertz CT molecular complexity index is 226. The number of nitrogens with one attached hydrogen (secondary N) is 1. The molecule has 0 radical (unpaired) electrons. The van der Waals surface area contributed by atoms with Crippen LogP contribution in [0.25, 0.3) is 0 Å². The highest BCUT2D eigenvalue weighted by Gasteiger charge is 2.24. The minimum atomic E-state index is 0.637. The van der Waals surface area contributed by atoms with Gasteiger partial charge in [0.1, 0.15) is 0 Å². The summed E-state index contributed by atoms with van der Waals surface area (Å²) in [7, 11) is 4.41. The third-order valence-electron chi connectivity index (χ3n) is 3.15. The Labute approximate surface area is 86.0 Å². The molecular weight excluding hydrogens is 176 g/mol. The normalized spacial score (nSPS) is 30.1. The van der Waals surface area contributed by atoms with Crippen molar-refractivity contribution in [3.8, 4) is 0 Å². The van der Waals surface area contributed by atoms with Crippen LogP contribution in [0.5, 0.6) is 0 Å². The average Bonchev–Trinajstić information content (AvgIpc) is 2.64. The van der Waals surface area contributed by atoms with Gasteiger partial charge >= 0.3 is 0 Å². The summed E-state index contributed by atoms with van der Waals surface area (Å²) < 4.78 is 0. The highest BCUT2D eigenvalue weighted by molar-refractivity contribution is 5.84. The third-order valence-corrected chi connectivity index (χ3v) is 3.15. The maximum absolute atomic E-state index is 4.45. The Kier molecular flexibility index (Phi) is 3.03. The van der Waals surface area contributed by atoms with Gasteiger partial charge in [0.15, 0.2) is 0 Å². The Morgan fingerprint density at radius 2 is 2.29 bits per heavy atom. The number of nitrogens with zero attached hydrogens (tertiary/aromatic N) is 3. The average molecular weight is 196 g/mol. The smallest absolute Gasteiger partial charge is 0.0980 e. The summed E-state index contributed by atoms with van der Waals surface area (Å²) in [5.41, 5.74) is 0. The Hall–Kier alpha value is -0.610. The second-order valence-corrected chi connectivity index (χ2v) is 4.36. The maximum atomic E-state index is 4.45. The number of aliphatic imine (C=N–C) groups is 1. The zero-order chi connectivity index (χ0) is 9.97. The van der Waals surface area contributed by atoms with E-state index in [1.165, 1.54) is 18.9 Å². The Morgan fingerprint density at radius 3 is 3.00 bits per heavy atom. The van der Waals surface area contributed by atoms with Crippen molar-refractivity contribution in [3.63, 3.8) is 0 Å². The topological polar surface area (TPSA) is 30.9 Å². The van der Waals surface area contributed by atoms with E-state index in [-0.39, 0.29) is 0 Å². The largest absolute Gasteiger partial charge is 0.372 e. The second kappa shape index (κ2) is 4.28. The van der Waals surface area contributed by atoms with Crippen LogP contribution in [-0.4, -0.2) is 68.5 Å². The van der Waals surface area contributed by atoms with Gasteiger partial charge in [0, 0.05) is 38.6 Å². The summed E-state index contributed by atoms with van der Waals surface area (Å²) in [6.07, 6.45) is 1.08. The molecule has 1 atom stereocenters. The molecule has 1 unspecified atom stereocenters. The van der Waals surface area contributed by atoms with Crippen molar-refractivity contribution < 1.29 is 0 Å². The summed E-state index contributed by atoms with van der Waals surface area (Å²) in [5.74, 6) is 1.21. The summed E-state index contributed by atoms with van der Waals surface area (Å²) in [5, 5.41) is 3.34. The molecule has 2 heterocycles. The molecule has 1 fully saturated rings. The van der Waals surface area contributed by atoms with E-state index in [0.717, 1.165) is 26.1 Å². The van der Waals surface area contributed by atoms with Gasteiger partial charge in [0.05, 0.1) is 12.4 Å². The molecule has 1 saturated heterocycles. The number of amidine groups is 1. The van der Waals surface area contributed by atoms with Gasteiger partial charge < -0.3 is 15.1 Å². The van der Waals surface area contributed by atoms with Crippen LogP contribution in [0.3, 0.4) is 0 Å². The number of likely N-dealkylation sites (N-methyl/N-ethyl adjacent to an activating group) is 2. The van der Waals surface area contributed by atoms with Crippen LogP contribution in [0, 0.1) is 0 Å². The van der Waals surface area contributed by atoms with Gasteiger partial charge in [-0.1, -0.05) is 0 Å². The number of hydrogen-bond donors (Lipinski definition) is 1. The predicted molar refractivity (Wildman–Crippen MR) is 58.8 cm³/mol. The fourth-order valence-corrected chi connectivity index (χ4v) is 2.13. The molecule has 0 amide bonds. The van der Waals surface area contributed by atoms with Gasteiger partial charge in [-0.05, 0) is 14.1 Å². The first-order valence-corrected chi connectivity index (χ1v) is 5.41. The minimum Gasteiger partial charge on any atom is -0.372 e. The van der Waals surface area contributed by atoms with E-state index in [4.69, 9.17) is 0 Å². The first kappa shape index (κ1) is 9.93. The number of rotatable bonds is 2. The van der Waals surface area contributed by atoms with Crippen LogP contribution in [0.15, 0.2) is 4.99 Å². The molecule has 0 aliphatic carbocycles. The SMILES string of the molecule is CN1CCN(C)C(CC2=NCCN2)C1. The molecule has 1 N–H and O–H groups in total. The van der Waals surface area contributed by atoms with Crippen LogP contribution < -0.4 is 5.32 Å². The number of hydrogen-bond acceptors (Lipinski definition) is 4. The molecule has 4 heteroatoms. The highest BCUT2D eigenvalue weighted by atomic mass is 15.3. The van der Waals surface area contributed by atoms with E-state index in [0.29, 0.717) is 6.04 Å². The zero-order valence-electron chi connectivity index (χ0n) is 9.16. The first-order chi connectivity index (χ1) is 6.75. The van der Waals surface area contributed by atoms with Crippen LogP contribution in [0.1, 0.15) is 6.42 Å². The molecule has 0 aromatic rings. The van der Waals surface area contributed by atoms with Crippen molar-refractivity contribution in [2.75, 3.05) is 46.8 Å². The van der Waals surface area contributed by atoms with Crippen molar-refractivity contribution in [3.05, 3.63) is 0 Å². The summed E-state index contributed by atoms with van der Waals surface area (Å²) in [4.78, 5) is 9.30. The molecule has 0 bridgehead atoms. The molecule has 0 saturated carbocycles. The molecule has 14 heavy (non-hydrogen) atoms. The lowest BCUT2D eigenvalue weighted by atomic mass is 10.1. The lowest BCUT2D eigenvalue weighted by Crippen LogP contribution is -2.51. The van der Waals surface area contributed by atoms with E-state index < -0.39 is 0 Å². The molecule has 0 aromatic carbocycles. The fourth-order valence-electron chi connectivity index (χ4n) is 2.13. The predicted octanol–water partition coefficient (Wildman–Crippen LogP) is -0.376. The standard InChI is InChI=1S/C10H20N4/c1-13-5-6-14(2)9(8-13)7-10-11-3-4-12-10/h9H,3-8H2,1-2H3,(H,11,12). The van der Waals surface area contributed by atoms with Gasteiger partial charge in [-0.15, -0.1) is 0 Å². The van der Waals surface area contributed by atoms with E-state index in [2.05, 4.69) is 34.2 Å². The van der Waals surface area contributed by atoms with Crippen molar-refractivity contribution in [2.24, 2.45) is 4.99 Å². The molecule has 4 nitrogen and oxygen atoms in total. The monoisotopic (exact) mass is 196 g/mol. The van der Waals surface area contributed by atoms with E-state index in [1.807, 2.05) is 0 Å². The van der Waals surface area contributed by atoms with Crippen molar-refractivity contribution >= 4 is 5.84 Å². The summed E-state index contributed by atoms with van der Waals surface area (Å²) in [6, 6.07) is 0.637. The van der Waals surface area contributed by atoms with E-state index >= 15 is 0 Å². The van der Waals surface area contributed by atoms with Gasteiger partial charge in [0.2, 0.25) is 0 Å². The molecular formula is C10H20N4. The highest BCUT2D eigenvalue weighted by Crippen LogP contribution is 2.10. The van der Waals surface area contributed by atoms with Crippen molar-refractivity contribution in [1.82, 2.24) is 15.1 Å². The second-order valence-electron chi connectivity index (χ2n) is 4.36. The third kappa shape index (κ3) is 2.25. The molecule has 80 valence electrons. The van der Waals surface area contributed by atoms with Gasteiger partial charge in [-0.3, -0.25) is 4.99 Å².